The lowest BCUT2D eigenvalue weighted by Gasteiger charge is -2.18. The maximum atomic E-state index is 12.9. The fourth-order valence-electron chi connectivity index (χ4n) is 4.40. The summed E-state index contributed by atoms with van der Waals surface area (Å²) in [6, 6.07) is 5.99. The molecule has 0 fully saturated rings. The number of aryl methyl sites for hydroxylation is 2. The van der Waals surface area contributed by atoms with E-state index in [1.807, 2.05) is 36.7 Å². The van der Waals surface area contributed by atoms with Crippen molar-refractivity contribution >= 4 is 40.0 Å². The fraction of sp³-hybridized carbons (Fsp3) is 0.481. The lowest BCUT2D eigenvalue weighted by molar-refractivity contribution is -0.113. The van der Waals surface area contributed by atoms with E-state index in [0.717, 1.165) is 36.1 Å². The second kappa shape index (κ2) is 11.7. The van der Waals surface area contributed by atoms with Crippen molar-refractivity contribution in [1.29, 1.82) is 0 Å². The number of thioether (sulfide) groups is 1. The molecule has 2 atom stereocenters. The molecule has 0 radical (unpaired) electrons. The molecule has 1 amide bonds. The fourth-order valence-corrected chi connectivity index (χ4v) is 6.53. The van der Waals surface area contributed by atoms with Gasteiger partial charge in [0.05, 0.1) is 17.9 Å². The summed E-state index contributed by atoms with van der Waals surface area (Å²) in [5, 5.41) is 12.7. The highest BCUT2D eigenvalue weighted by Crippen LogP contribution is 2.40. The van der Waals surface area contributed by atoms with Gasteiger partial charge in [0.1, 0.15) is 10.8 Å². The van der Waals surface area contributed by atoms with Gasteiger partial charge in [-0.25, -0.2) is 4.79 Å². The van der Waals surface area contributed by atoms with Gasteiger partial charge in [-0.2, -0.15) is 0 Å². The van der Waals surface area contributed by atoms with Crippen molar-refractivity contribution in [3.63, 3.8) is 0 Å². The molecule has 37 heavy (non-hydrogen) atoms. The summed E-state index contributed by atoms with van der Waals surface area (Å²) in [6.45, 7) is 10.3. The molecule has 0 bridgehead atoms. The summed E-state index contributed by atoms with van der Waals surface area (Å²) >= 11 is 2.79. The van der Waals surface area contributed by atoms with Crippen LogP contribution in [0.1, 0.15) is 71.0 Å². The van der Waals surface area contributed by atoms with Crippen LogP contribution in [0.3, 0.4) is 0 Å². The van der Waals surface area contributed by atoms with Crippen LogP contribution in [0.15, 0.2) is 23.4 Å². The number of hydrogen-bond acceptors (Lipinski definition) is 8. The quantitative estimate of drug-likeness (QED) is 0.275. The van der Waals surface area contributed by atoms with E-state index in [0.29, 0.717) is 34.1 Å². The Bertz CT molecular complexity index is 1300. The van der Waals surface area contributed by atoms with Gasteiger partial charge in [0.25, 0.3) is 0 Å². The van der Waals surface area contributed by atoms with Crippen molar-refractivity contribution in [2.45, 2.75) is 65.1 Å². The average molecular weight is 543 g/mol. The number of carbonyl (C=O) groups is 2. The van der Waals surface area contributed by atoms with Crippen LogP contribution in [-0.4, -0.2) is 39.0 Å². The van der Waals surface area contributed by atoms with E-state index in [9.17, 15) is 9.59 Å². The second-order valence-corrected chi connectivity index (χ2v) is 11.6. The van der Waals surface area contributed by atoms with Crippen molar-refractivity contribution in [3.05, 3.63) is 51.2 Å². The maximum Gasteiger partial charge on any atom is 0.341 e. The molecule has 10 heteroatoms. The Morgan fingerprint density at radius 1 is 1.27 bits per heavy atom. The molecule has 198 valence electrons. The molecule has 1 N–H and O–H groups in total. The first-order valence-electron chi connectivity index (χ1n) is 12.5. The van der Waals surface area contributed by atoms with Gasteiger partial charge in [0.15, 0.2) is 17.1 Å². The third-order valence-corrected chi connectivity index (χ3v) is 8.79. The third kappa shape index (κ3) is 6.18. The Kier molecular flexibility index (Phi) is 8.59. The predicted octanol–water partition coefficient (Wildman–Crippen LogP) is 5.67. The summed E-state index contributed by atoms with van der Waals surface area (Å²) in [7, 11) is 1.86. The number of thiophene rings is 1. The molecule has 3 aromatic rings. The largest absolute Gasteiger partial charge is 0.483 e. The van der Waals surface area contributed by atoms with Crippen LogP contribution in [0.4, 0.5) is 5.00 Å². The number of nitrogens with zero attached hydrogens (tertiary/aromatic N) is 3. The molecule has 1 aromatic carbocycles. The number of carbonyl (C=O) groups excluding carboxylic acids is 2. The Morgan fingerprint density at radius 3 is 2.78 bits per heavy atom. The van der Waals surface area contributed by atoms with Crippen LogP contribution >= 0.6 is 23.1 Å². The number of nitrogens with one attached hydrogen (secondary N) is 1. The van der Waals surface area contributed by atoms with E-state index < -0.39 is 0 Å². The van der Waals surface area contributed by atoms with E-state index in [2.05, 4.69) is 36.3 Å². The van der Waals surface area contributed by atoms with Gasteiger partial charge >= 0.3 is 5.97 Å². The molecule has 8 nitrogen and oxygen atoms in total. The first-order valence-corrected chi connectivity index (χ1v) is 14.4. The third-order valence-electron chi connectivity index (χ3n) is 6.60. The zero-order chi connectivity index (χ0) is 26.7. The van der Waals surface area contributed by atoms with E-state index in [1.54, 1.807) is 6.92 Å². The topological polar surface area (TPSA) is 95.3 Å². The Hall–Kier alpha value is -2.85. The Balaban J connectivity index is 1.41. The normalized spacial score (nSPS) is 15.7. The minimum Gasteiger partial charge on any atom is -0.483 e. The lowest BCUT2D eigenvalue weighted by atomic mass is 9.88. The standard InChI is InChI=1S/C27H34N4O4S2/c1-7-34-26(33)23-20-11-8-15(2)12-21(20)37-25(23)28-22(32)14-36-27-30-29-24(31(27)6)18(5)35-19-10-9-16(3)17(4)13-19/h9-10,13,15,18H,7-8,11-12,14H2,1-6H3,(H,28,32). The van der Waals surface area contributed by atoms with Gasteiger partial charge in [0.2, 0.25) is 5.91 Å². The molecular formula is C27H34N4O4S2. The van der Waals surface area contributed by atoms with Gasteiger partial charge in [-0.15, -0.1) is 21.5 Å². The Labute approximate surface area is 226 Å². The van der Waals surface area contributed by atoms with Crippen LogP contribution < -0.4 is 10.1 Å². The van der Waals surface area contributed by atoms with Crippen molar-refractivity contribution in [1.82, 2.24) is 14.8 Å². The predicted molar refractivity (Wildman–Crippen MR) is 147 cm³/mol. The number of anilines is 1. The number of hydrogen-bond donors (Lipinski definition) is 1. The minimum absolute atomic E-state index is 0.138. The van der Waals surface area contributed by atoms with Gasteiger partial charge in [-0.05, 0) is 81.7 Å². The van der Waals surface area contributed by atoms with E-state index in [-0.39, 0.29) is 23.7 Å². The molecule has 2 heterocycles. The van der Waals surface area contributed by atoms with Gasteiger partial charge in [-0.1, -0.05) is 24.8 Å². The molecule has 2 unspecified atom stereocenters. The number of amides is 1. The van der Waals surface area contributed by atoms with Gasteiger partial charge in [0, 0.05) is 11.9 Å². The van der Waals surface area contributed by atoms with Crippen LogP contribution in [0.25, 0.3) is 0 Å². The molecule has 0 saturated heterocycles. The van der Waals surface area contributed by atoms with Crippen molar-refractivity contribution in [3.8, 4) is 5.75 Å². The van der Waals surface area contributed by atoms with E-state index in [4.69, 9.17) is 9.47 Å². The first-order chi connectivity index (χ1) is 17.7. The zero-order valence-electron chi connectivity index (χ0n) is 22.2. The highest BCUT2D eigenvalue weighted by Gasteiger charge is 2.29. The number of esters is 1. The minimum atomic E-state index is -0.367. The molecule has 1 aliphatic rings. The van der Waals surface area contributed by atoms with Crippen molar-refractivity contribution in [2.75, 3.05) is 17.7 Å². The highest BCUT2D eigenvalue weighted by atomic mass is 32.2. The summed E-state index contributed by atoms with van der Waals surface area (Å²) in [5.74, 6) is 1.58. The zero-order valence-corrected chi connectivity index (χ0v) is 23.8. The summed E-state index contributed by atoms with van der Waals surface area (Å²) in [6.07, 6.45) is 2.46. The summed E-state index contributed by atoms with van der Waals surface area (Å²) in [5.41, 5.74) is 3.92. The molecule has 2 aromatic heterocycles. The number of rotatable bonds is 9. The van der Waals surface area contributed by atoms with Crippen LogP contribution in [0.5, 0.6) is 5.75 Å². The average Bonchev–Trinajstić information content (AvgIpc) is 3.39. The molecule has 0 spiro atoms. The van der Waals surface area contributed by atoms with Crippen molar-refractivity contribution < 1.29 is 19.1 Å². The highest BCUT2D eigenvalue weighted by molar-refractivity contribution is 7.99. The molecule has 0 aliphatic heterocycles. The van der Waals surface area contributed by atoms with Crippen LogP contribution in [0, 0.1) is 19.8 Å². The maximum absolute atomic E-state index is 12.9. The van der Waals surface area contributed by atoms with Gasteiger partial charge in [-0.3, -0.25) is 4.79 Å². The van der Waals surface area contributed by atoms with E-state index >= 15 is 0 Å². The summed E-state index contributed by atoms with van der Waals surface area (Å²) in [4.78, 5) is 26.8. The van der Waals surface area contributed by atoms with Crippen LogP contribution in [-0.2, 0) is 29.4 Å². The monoisotopic (exact) mass is 542 g/mol. The molecule has 1 aliphatic carbocycles. The van der Waals surface area contributed by atoms with Crippen LogP contribution in [0.2, 0.25) is 0 Å². The Morgan fingerprint density at radius 2 is 2.05 bits per heavy atom. The number of ether oxygens (including phenoxy) is 2. The summed E-state index contributed by atoms with van der Waals surface area (Å²) < 4.78 is 13.2. The second-order valence-electron chi connectivity index (χ2n) is 9.52. The van der Waals surface area contributed by atoms with Gasteiger partial charge < -0.3 is 19.4 Å². The number of fused-ring (bicyclic) bond motifs is 1. The molecular weight excluding hydrogens is 508 g/mol. The molecule has 4 rings (SSSR count). The number of benzene rings is 1. The first kappa shape index (κ1) is 27.2. The number of aromatic nitrogens is 3. The molecule has 0 saturated carbocycles. The van der Waals surface area contributed by atoms with E-state index in [1.165, 1.54) is 33.5 Å². The SMILES string of the molecule is CCOC(=O)c1c(NC(=O)CSc2nnc(C(C)Oc3ccc(C)c(C)c3)n2C)sc2c1CCC(C)C2. The van der Waals surface area contributed by atoms with Crippen molar-refractivity contribution in [2.24, 2.45) is 13.0 Å². The lowest BCUT2D eigenvalue weighted by Crippen LogP contribution is -2.18. The smallest absolute Gasteiger partial charge is 0.341 e.